The van der Waals surface area contributed by atoms with E-state index in [2.05, 4.69) is 42.4 Å². The van der Waals surface area contributed by atoms with Gasteiger partial charge in [0.1, 0.15) is 0 Å². The van der Waals surface area contributed by atoms with Gasteiger partial charge >= 0.3 is 0 Å². The smallest absolute Gasteiger partial charge is 0.0456 e. The van der Waals surface area contributed by atoms with Crippen LogP contribution in [0.2, 0.25) is 0 Å². The summed E-state index contributed by atoms with van der Waals surface area (Å²) < 4.78 is 0. The molecule has 0 amide bonds. The van der Waals surface area contributed by atoms with Gasteiger partial charge in [-0.25, -0.2) is 0 Å². The number of hydrogen-bond acceptors (Lipinski definition) is 2. The molecule has 0 atom stereocenters. The molecule has 2 aromatic rings. The standard InChI is InChI=1S/C10H11N.CH4O.H3N.H2/c1-2-8-7-11-10-6-4-3-5-9(8)10;1-2;;/h3-7,11H,2H2,1H3;2H,1H3;1H3;1H. The fraction of sp³-hybridized carbons (Fsp3) is 0.273. The molecule has 1 aromatic carbocycles. The largest absolute Gasteiger partial charge is 0.400 e. The number of fused-ring (bicyclic) bond motifs is 1. The highest BCUT2D eigenvalue weighted by atomic mass is 16.2. The number of nitrogens with one attached hydrogen (secondary N) is 1. The molecular weight excluding hydrogens is 176 g/mol. The van der Waals surface area contributed by atoms with Gasteiger partial charge < -0.3 is 16.2 Å². The zero-order valence-corrected chi connectivity index (χ0v) is 8.75. The van der Waals surface area contributed by atoms with Crippen LogP contribution in [0.25, 0.3) is 10.9 Å². The lowest BCUT2D eigenvalue weighted by atomic mass is 10.1. The molecule has 0 saturated carbocycles. The predicted octanol–water partition coefficient (Wildman–Crippen LogP) is 2.75. The number of aromatic amines is 1. The number of benzene rings is 1. The van der Waals surface area contributed by atoms with E-state index in [-0.39, 0.29) is 7.58 Å². The highest BCUT2D eigenvalue weighted by molar-refractivity contribution is 5.82. The van der Waals surface area contributed by atoms with Crippen molar-refractivity contribution in [2.45, 2.75) is 13.3 Å². The van der Waals surface area contributed by atoms with E-state index in [9.17, 15) is 0 Å². The molecule has 1 heterocycles. The summed E-state index contributed by atoms with van der Waals surface area (Å²) in [6.07, 6.45) is 3.19. The van der Waals surface area contributed by atoms with Gasteiger partial charge in [0, 0.05) is 25.6 Å². The topological polar surface area (TPSA) is 71.0 Å². The zero-order chi connectivity index (χ0) is 9.68. The van der Waals surface area contributed by atoms with E-state index in [1.165, 1.54) is 16.5 Å². The van der Waals surface area contributed by atoms with Crippen molar-refractivity contribution in [2.24, 2.45) is 0 Å². The molecule has 80 valence electrons. The van der Waals surface area contributed by atoms with E-state index in [4.69, 9.17) is 5.11 Å². The molecule has 3 nitrogen and oxygen atoms in total. The second kappa shape index (κ2) is 6.18. The molecular formula is C11H20N2O. The quantitative estimate of drug-likeness (QED) is 0.656. The molecule has 0 radical (unpaired) electrons. The van der Waals surface area contributed by atoms with Gasteiger partial charge in [-0.2, -0.15) is 0 Å². The third-order valence-electron chi connectivity index (χ3n) is 2.06. The van der Waals surface area contributed by atoms with Crippen LogP contribution in [0.15, 0.2) is 30.5 Å². The Morgan fingerprint density at radius 1 is 1.29 bits per heavy atom. The van der Waals surface area contributed by atoms with Gasteiger partial charge in [-0.3, -0.25) is 0 Å². The summed E-state index contributed by atoms with van der Waals surface area (Å²) >= 11 is 0. The third-order valence-corrected chi connectivity index (χ3v) is 2.06. The van der Waals surface area contributed by atoms with Crippen LogP contribution in [0, 0.1) is 0 Å². The number of aryl methyl sites for hydroxylation is 1. The van der Waals surface area contributed by atoms with Gasteiger partial charge in [0.25, 0.3) is 0 Å². The number of para-hydroxylation sites is 1. The van der Waals surface area contributed by atoms with E-state index in [1.54, 1.807) is 0 Å². The highest BCUT2D eigenvalue weighted by Gasteiger charge is 1.97. The molecule has 5 N–H and O–H groups in total. The minimum absolute atomic E-state index is 0. The molecule has 0 aliphatic rings. The van der Waals surface area contributed by atoms with Crippen LogP contribution in [-0.2, 0) is 6.42 Å². The van der Waals surface area contributed by atoms with Gasteiger partial charge in [0.15, 0.2) is 0 Å². The van der Waals surface area contributed by atoms with Crippen LogP contribution in [0.4, 0.5) is 0 Å². The molecule has 0 spiro atoms. The zero-order valence-electron chi connectivity index (χ0n) is 8.75. The van der Waals surface area contributed by atoms with Crippen LogP contribution in [0.1, 0.15) is 13.9 Å². The Balaban J connectivity index is 0. The average Bonchev–Trinajstić information content (AvgIpc) is 2.64. The van der Waals surface area contributed by atoms with E-state index >= 15 is 0 Å². The molecule has 2 rings (SSSR count). The summed E-state index contributed by atoms with van der Waals surface area (Å²) in [4.78, 5) is 3.24. The van der Waals surface area contributed by atoms with Crippen molar-refractivity contribution in [1.82, 2.24) is 11.1 Å². The first-order valence-corrected chi connectivity index (χ1v) is 4.41. The Morgan fingerprint density at radius 3 is 2.57 bits per heavy atom. The van der Waals surface area contributed by atoms with Crippen molar-refractivity contribution in [3.63, 3.8) is 0 Å². The van der Waals surface area contributed by atoms with Crippen LogP contribution < -0.4 is 6.15 Å². The lowest BCUT2D eigenvalue weighted by molar-refractivity contribution is 0.399. The first-order chi connectivity index (χ1) is 6.42. The molecule has 14 heavy (non-hydrogen) atoms. The number of hydrogen-bond donors (Lipinski definition) is 3. The first-order valence-electron chi connectivity index (χ1n) is 4.41. The van der Waals surface area contributed by atoms with Crippen molar-refractivity contribution in [3.8, 4) is 0 Å². The fourth-order valence-corrected chi connectivity index (χ4v) is 1.42. The normalized spacial score (nSPS) is 8.79. The average molecular weight is 196 g/mol. The predicted molar refractivity (Wildman–Crippen MR) is 63.0 cm³/mol. The van der Waals surface area contributed by atoms with Crippen molar-refractivity contribution in [3.05, 3.63) is 36.0 Å². The Hall–Kier alpha value is -1.32. The van der Waals surface area contributed by atoms with Crippen molar-refractivity contribution >= 4 is 10.9 Å². The number of aromatic nitrogens is 1. The lowest BCUT2D eigenvalue weighted by Gasteiger charge is -1.90. The van der Waals surface area contributed by atoms with Crippen LogP contribution >= 0.6 is 0 Å². The summed E-state index contributed by atoms with van der Waals surface area (Å²) in [5, 5.41) is 8.36. The van der Waals surface area contributed by atoms with Crippen molar-refractivity contribution in [2.75, 3.05) is 7.11 Å². The minimum Gasteiger partial charge on any atom is -0.400 e. The maximum Gasteiger partial charge on any atom is 0.0456 e. The van der Waals surface area contributed by atoms with E-state index in [1.807, 2.05) is 0 Å². The Labute approximate surface area is 85.8 Å². The van der Waals surface area contributed by atoms with Gasteiger partial charge in [-0.15, -0.1) is 0 Å². The SMILES string of the molecule is CCc1c[nH]c2ccccc12.CO.N.[HH]. The van der Waals surface area contributed by atoms with E-state index in [0.717, 1.165) is 13.5 Å². The van der Waals surface area contributed by atoms with Crippen molar-refractivity contribution < 1.29 is 6.53 Å². The highest BCUT2D eigenvalue weighted by Crippen LogP contribution is 2.17. The van der Waals surface area contributed by atoms with Crippen LogP contribution in [0.5, 0.6) is 0 Å². The molecule has 0 aliphatic carbocycles. The maximum absolute atomic E-state index is 7.00. The number of rotatable bonds is 1. The van der Waals surface area contributed by atoms with Crippen LogP contribution in [-0.4, -0.2) is 17.2 Å². The Morgan fingerprint density at radius 2 is 1.93 bits per heavy atom. The van der Waals surface area contributed by atoms with Gasteiger partial charge in [0.2, 0.25) is 0 Å². The summed E-state index contributed by atoms with van der Waals surface area (Å²) in [6.45, 7) is 2.18. The second-order valence-electron chi connectivity index (χ2n) is 2.71. The van der Waals surface area contributed by atoms with Gasteiger partial charge in [-0.05, 0) is 18.1 Å². The lowest BCUT2D eigenvalue weighted by Crippen LogP contribution is -1.72. The summed E-state index contributed by atoms with van der Waals surface area (Å²) in [7, 11) is 1.00. The van der Waals surface area contributed by atoms with Gasteiger partial charge in [-0.1, -0.05) is 25.1 Å². The first kappa shape index (κ1) is 12.7. The maximum atomic E-state index is 7.00. The molecule has 3 heteroatoms. The van der Waals surface area contributed by atoms with Crippen molar-refractivity contribution in [1.29, 1.82) is 0 Å². The molecule has 0 fully saturated rings. The Bertz CT molecular complexity index is 373. The molecule has 0 aliphatic heterocycles. The monoisotopic (exact) mass is 196 g/mol. The summed E-state index contributed by atoms with van der Waals surface area (Å²) in [6, 6.07) is 8.40. The minimum atomic E-state index is 0. The third kappa shape index (κ3) is 2.34. The molecule has 1 aromatic heterocycles. The molecule has 0 bridgehead atoms. The molecule has 0 unspecified atom stereocenters. The summed E-state index contributed by atoms with van der Waals surface area (Å²) in [5.41, 5.74) is 2.64. The Kier molecular flexibility index (Phi) is 5.60. The van der Waals surface area contributed by atoms with Crippen LogP contribution in [0.3, 0.4) is 0 Å². The number of aliphatic hydroxyl groups excluding tert-OH is 1. The fourth-order valence-electron chi connectivity index (χ4n) is 1.42. The molecule has 0 saturated heterocycles. The second-order valence-corrected chi connectivity index (χ2v) is 2.71. The number of H-pyrrole nitrogens is 1. The van der Waals surface area contributed by atoms with E-state index in [0.29, 0.717) is 0 Å². The van der Waals surface area contributed by atoms with Gasteiger partial charge in [0.05, 0.1) is 0 Å². The van der Waals surface area contributed by atoms with E-state index < -0.39 is 0 Å². The summed E-state index contributed by atoms with van der Waals surface area (Å²) in [5.74, 6) is 0. The number of aliphatic hydroxyl groups is 1.